The van der Waals surface area contributed by atoms with Crippen LogP contribution in [0.4, 0.5) is 0 Å². The number of hydrogen-bond donors (Lipinski definition) is 1. The summed E-state index contributed by atoms with van der Waals surface area (Å²) in [7, 11) is 0. The van der Waals surface area contributed by atoms with Gasteiger partial charge in [0, 0.05) is 29.7 Å². The molecule has 21 heavy (non-hydrogen) atoms. The zero-order chi connectivity index (χ0) is 14.5. The van der Waals surface area contributed by atoms with Gasteiger partial charge in [0.25, 0.3) is 0 Å². The summed E-state index contributed by atoms with van der Waals surface area (Å²) in [6.07, 6.45) is 4.50. The third-order valence-corrected chi connectivity index (χ3v) is 4.71. The van der Waals surface area contributed by atoms with Gasteiger partial charge in [-0.2, -0.15) is 0 Å². The first-order chi connectivity index (χ1) is 10.4. The number of nitrogens with one attached hydrogen (secondary N) is 1. The third kappa shape index (κ3) is 3.55. The number of rotatable bonds is 7. The van der Waals surface area contributed by atoms with E-state index in [-0.39, 0.29) is 0 Å². The maximum absolute atomic E-state index is 3.47. The molecule has 1 aromatic carbocycles. The minimum absolute atomic E-state index is 0.958. The quantitative estimate of drug-likeness (QED) is 0.638. The van der Waals surface area contributed by atoms with Crippen molar-refractivity contribution in [3.05, 3.63) is 58.4 Å². The van der Waals surface area contributed by atoms with Crippen LogP contribution in [-0.2, 0) is 19.5 Å². The number of benzene rings is 1. The molecule has 0 bridgehead atoms. The fraction of sp³-hybridized carbons (Fsp3) is 0.333. The van der Waals surface area contributed by atoms with Crippen LogP contribution in [0.2, 0.25) is 0 Å². The molecule has 0 spiro atoms. The Kier molecular flexibility index (Phi) is 4.73. The number of fused-ring (bicyclic) bond motifs is 1. The molecule has 0 atom stereocenters. The molecule has 0 saturated heterocycles. The molecule has 0 saturated carbocycles. The van der Waals surface area contributed by atoms with Gasteiger partial charge >= 0.3 is 0 Å². The van der Waals surface area contributed by atoms with Gasteiger partial charge in [0.05, 0.1) is 0 Å². The minimum Gasteiger partial charge on any atom is -0.347 e. The molecule has 3 rings (SSSR count). The van der Waals surface area contributed by atoms with Gasteiger partial charge in [-0.3, -0.25) is 0 Å². The van der Waals surface area contributed by atoms with Crippen molar-refractivity contribution < 1.29 is 0 Å². The molecular weight excluding hydrogens is 276 g/mol. The van der Waals surface area contributed by atoms with Gasteiger partial charge in [-0.15, -0.1) is 11.3 Å². The van der Waals surface area contributed by atoms with Crippen molar-refractivity contribution in [1.82, 2.24) is 9.88 Å². The summed E-state index contributed by atoms with van der Waals surface area (Å²) in [6.45, 7) is 5.29. The molecule has 0 radical (unpaired) electrons. The lowest BCUT2D eigenvalue weighted by molar-refractivity contribution is 0.675. The largest absolute Gasteiger partial charge is 0.347 e. The van der Waals surface area contributed by atoms with Crippen LogP contribution < -0.4 is 5.32 Å². The molecule has 1 N–H and O–H groups in total. The number of thiophene rings is 1. The second kappa shape index (κ2) is 6.92. The van der Waals surface area contributed by atoms with E-state index in [0.29, 0.717) is 0 Å². The highest BCUT2D eigenvalue weighted by Crippen LogP contribution is 2.19. The van der Waals surface area contributed by atoms with E-state index in [1.165, 1.54) is 27.8 Å². The molecule has 3 heteroatoms. The number of aromatic nitrogens is 1. The molecule has 0 aliphatic rings. The second-order valence-corrected chi connectivity index (χ2v) is 6.44. The lowest BCUT2D eigenvalue weighted by Crippen LogP contribution is -2.13. The molecule has 0 aliphatic heterocycles. The molecule has 0 amide bonds. The van der Waals surface area contributed by atoms with Crippen LogP contribution in [0.5, 0.6) is 0 Å². The summed E-state index contributed by atoms with van der Waals surface area (Å²) in [5, 5.41) is 6.96. The van der Waals surface area contributed by atoms with E-state index in [9.17, 15) is 0 Å². The van der Waals surface area contributed by atoms with Crippen molar-refractivity contribution in [2.45, 2.75) is 32.9 Å². The van der Waals surface area contributed by atoms with Gasteiger partial charge in [-0.05, 0) is 53.9 Å². The monoisotopic (exact) mass is 298 g/mol. The maximum atomic E-state index is 3.47. The van der Waals surface area contributed by atoms with Crippen LogP contribution in [0.15, 0.2) is 48.0 Å². The molecular formula is C18H22N2S. The van der Waals surface area contributed by atoms with E-state index < -0.39 is 0 Å². The van der Waals surface area contributed by atoms with Crippen molar-refractivity contribution in [1.29, 1.82) is 0 Å². The highest BCUT2D eigenvalue weighted by atomic mass is 32.1. The van der Waals surface area contributed by atoms with E-state index >= 15 is 0 Å². The predicted molar refractivity (Wildman–Crippen MR) is 92.0 cm³/mol. The van der Waals surface area contributed by atoms with Gasteiger partial charge in [-0.1, -0.05) is 25.1 Å². The number of nitrogens with zero attached hydrogens (tertiary/aromatic N) is 1. The Bertz CT molecular complexity index is 682. The van der Waals surface area contributed by atoms with Crippen LogP contribution in [0.3, 0.4) is 0 Å². The standard InChI is InChI=1S/C18H22N2S/c1-2-9-19-14-15-5-6-16-7-10-20(18(16)13-15)11-8-17-4-3-12-21-17/h3-7,10,12-13,19H,2,8-9,11,14H2,1H3. The SMILES string of the molecule is CCCNCc1ccc2ccn(CCc3cccs3)c2c1. The fourth-order valence-electron chi connectivity index (χ4n) is 2.63. The second-order valence-electron chi connectivity index (χ2n) is 5.41. The summed E-state index contributed by atoms with van der Waals surface area (Å²) < 4.78 is 2.37. The highest BCUT2D eigenvalue weighted by Gasteiger charge is 2.03. The predicted octanol–water partition coefficient (Wildman–Crippen LogP) is 4.45. The first kappa shape index (κ1) is 14.4. The van der Waals surface area contributed by atoms with E-state index in [2.05, 4.69) is 64.8 Å². The lowest BCUT2D eigenvalue weighted by Gasteiger charge is -2.07. The Labute approximate surface area is 130 Å². The Hall–Kier alpha value is -1.58. The first-order valence-electron chi connectivity index (χ1n) is 7.67. The minimum atomic E-state index is 0.958. The van der Waals surface area contributed by atoms with Gasteiger partial charge in [0.15, 0.2) is 0 Å². The summed E-state index contributed by atoms with van der Waals surface area (Å²) >= 11 is 1.84. The summed E-state index contributed by atoms with van der Waals surface area (Å²) in [4.78, 5) is 1.46. The summed E-state index contributed by atoms with van der Waals surface area (Å²) in [6, 6.07) is 13.4. The van der Waals surface area contributed by atoms with Crippen LogP contribution in [-0.4, -0.2) is 11.1 Å². The Balaban J connectivity index is 1.74. The number of hydrogen-bond acceptors (Lipinski definition) is 2. The average Bonchev–Trinajstić information content (AvgIpc) is 3.14. The molecule has 2 heterocycles. The Morgan fingerprint density at radius 2 is 2.14 bits per heavy atom. The molecule has 2 nitrogen and oxygen atoms in total. The van der Waals surface area contributed by atoms with Crippen molar-refractivity contribution in [3.63, 3.8) is 0 Å². The van der Waals surface area contributed by atoms with Crippen LogP contribution >= 0.6 is 11.3 Å². The van der Waals surface area contributed by atoms with Gasteiger partial charge < -0.3 is 9.88 Å². The van der Waals surface area contributed by atoms with E-state index in [1.54, 1.807) is 0 Å². The molecule has 2 aromatic heterocycles. The topological polar surface area (TPSA) is 17.0 Å². The van der Waals surface area contributed by atoms with E-state index in [4.69, 9.17) is 0 Å². The van der Waals surface area contributed by atoms with Crippen molar-refractivity contribution in [3.8, 4) is 0 Å². The van der Waals surface area contributed by atoms with E-state index in [0.717, 1.165) is 26.1 Å². The van der Waals surface area contributed by atoms with Crippen LogP contribution in [0, 0.1) is 0 Å². The van der Waals surface area contributed by atoms with Crippen molar-refractivity contribution >= 4 is 22.2 Å². The zero-order valence-corrected chi connectivity index (χ0v) is 13.3. The maximum Gasteiger partial charge on any atom is 0.0483 e. The summed E-state index contributed by atoms with van der Waals surface area (Å²) in [5.41, 5.74) is 2.72. The molecule has 3 aromatic rings. The first-order valence-corrected chi connectivity index (χ1v) is 8.55. The number of aryl methyl sites for hydroxylation is 2. The third-order valence-electron chi connectivity index (χ3n) is 3.77. The van der Waals surface area contributed by atoms with Crippen LogP contribution in [0.1, 0.15) is 23.8 Å². The smallest absolute Gasteiger partial charge is 0.0483 e. The normalized spacial score (nSPS) is 11.3. The average molecular weight is 298 g/mol. The molecule has 0 unspecified atom stereocenters. The molecule has 0 aliphatic carbocycles. The van der Waals surface area contributed by atoms with Gasteiger partial charge in [0.1, 0.15) is 0 Å². The molecule has 110 valence electrons. The zero-order valence-electron chi connectivity index (χ0n) is 12.5. The molecule has 0 fully saturated rings. The summed E-state index contributed by atoms with van der Waals surface area (Å²) in [5.74, 6) is 0. The van der Waals surface area contributed by atoms with Gasteiger partial charge in [0.2, 0.25) is 0 Å². The Morgan fingerprint density at radius 3 is 2.95 bits per heavy atom. The fourth-order valence-corrected chi connectivity index (χ4v) is 3.33. The Morgan fingerprint density at radius 1 is 1.19 bits per heavy atom. The lowest BCUT2D eigenvalue weighted by atomic mass is 10.1. The van der Waals surface area contributed by atoms with Crippen molar-refractivity contribution in [2.75, 3.05) is 6.54 Å². The highest BCUT2D eigenvalue weighted by molar-refractivity contribution is 7.09. The van der Waals surface area contributed by atoms with E-state index in [1.807, 2.05) is 11.3 Å². The van der Waals surface area contributed by atoms with Crippen LogP contribution in [0.25, 0.3) is 10.9 Å². The van der Waals surface area contributed by atoms with Crippen molar-refractivity contribution in [2.24, 2.45) is 0 Å². The van der Waals surface area contributed by atoms with Gasteiger partial charge in [-0.25, -0.2) is 0 Å².